The highest BCUT2D eigenvalue weighted by Gasteiger charge is 2.13. The van der Waals surface area contributed by atoms with Crippen LogP contribution in [0.1, 0.15) is 0 Å². The number of nitrogens with one attached hydrogen (secondary N) is 1. The molecule has 0 spiro atoms. The zero-order valence-electron chi connectivity index (χ0n) is 8.07. The Bertz CT molecular complexity index is 460. The van der Waals surface area contributed by atoms with Crippen LogP contribution in [-0.2, 0) is 0 Å². The highest BCUT2D eigenvalue weighted by molar-refractivity contribution is 7.10. The van der Waals surface area contributed by atoms with Gasteiger partial charge in [-0.2, -0.15) is 5.06 Å². The van der Waals surface area contributed by atoms with E-state index in [0.29, 0.717) is 15.8 Å². The summed E-state index contributed by atoms with van der Waals surface area (Å²) in [7, 11) is 0. The maximum absolute atomic E-state index is 11.5. The largest absolute Gasteiger partial charge is 0.351 e. The lowest BCUT2D eigenvalue weighted by atomic mass is 10.3. The van der Waals surface area contributed by atoms with E-state index >= 15 is 0 Å². The van der Waals surface area contributed by atoms with Crippen molar-refractivity contribution in [3.63, 3.8) is 0 Å². The van der Waals surface area contributed by atoms with Gasteiger partial charge in [0, 0.05) is 11.5 Å². The Kier molecular flexibility index (Phi) is 3.08. The number of hydroxylamine groups is 1. The molecule has 2 aromatic rings. The quantitative estimate of drug-likeness (QED) is 0.617. The molecule has 0 saturated carbocycles. The van der Waals surface area contributed by atoms with Gasteiger partial charge in [-0.25, -0.2) is 4.79 Å². The summed E-state index contributed by atoms with van der Waals surface area (Å²) in [5.41, 5.74) is 0.387. The summed E-state index contributed by atoms with van der Waals surface area (Å²) in [6.07, 6.45) is 1.40. The molecular weight excluding hydrogens is 228 g/mol. The summed E-state index contributed by atoms with van der Waals surface area (Å²) in [6.45, 7) is 0. The summed E-state index contributed by atoms with van der Waals surface area (Å²) in [6, 6.07) is 7.81. The molecule has 0 radical (unpaired) electrons. The molecule has 0 atom stereocenters. The predicted molar refractivity (Wildman–Crippen MR) is 59.6 cm³/mol. The summed E-state index contributed by atoms with van der Waals surface area (Å²) in [4.78, 5) is 11.5. The van der Waals surface area contributed by atoms with Crippen LogP contribution >= 0.6 is 11.5 Å². The van der Waals surface area contributed by atoms with Crippen LogP contribution in [0.4, 0.5) is 15.5 Å². The summed E-state index contributed by atoms with van der Waals surface area (Å²) >= 11 is 1.03. The highest BCUT2D eigenvalue weighted by Crippen LogP contribution is 2.14. The van der Waals surface area contributed by atoms with Crippen molar-refractivity contribution < 1.29 is 10.0 Å². The average Bonchev–Trinajstić information content (AvgIpc) is 2.82. The van der Waals surface area contributed by atoms with Gasteiger partial charge in [0.15, 0.2) is 0 Å². The number of amides is 2. The lowest BCUT2D eigenvalue weighted by Crippen LogP contribution is -2.31. The van der Waals surface area contributed by atoms with E-state index in [4.69, 9.17) is 0 Å². The number of carbonyl (C=O) groups excluding carboxylic acids is 1. The molecule has 0 bridgehead atoms. The first-order valence-electron chi connectivity index (χ1n) is 4.40. The zero-order valence-corrected chi connectivity index (χ0v) is 8.89. The molecule has 2 rings (SSSR count). The molecule has 16 heavy (non-hydrogen) atoms. The fraction of sp³-hybridized carbons (Fsp3) is 0. The number of carbonyl (C=O) groups is 1. The molecule has 1 heterocycles. The maximum atomic E-state index is 11.5. The monoisotopic (exact) mass is 236 g/mol. The van der Waals surface area contributed by atoms with Crippen molar-refractivity contribution in [1.29, 1.82) is 0 Å². The molecule has 82 valence electrons. The fourth-order valence-electron chi connectivity index (χ4n) is 1.07. The number of hydrogen-bond acceptors (Lipinski definition) is 5. The number of anilines is 2. The molecule has 2 amide bonds. The lowest BCUT2D eigenvalue weighted by molar-refractivity contribution is 0.216. The second-order valence-corrected chi connectivity index (χ2v) is 3.64. The smallest absolute Gasteiger partial charge is 0.294 e. The molecule has 6 nitrogen and oxygen atoms in total. The number of nitrogens with zero attached hydrogens (tertiary/aromatic N) is 3. The van der Waals surface area contributed by atoms with Crippen molar-refractivity contribution in [3.8, 4) is 0 Å². The summed E-state index contributed by atoms with van der Waals surface area (Å²) in [5, 5.41) is 16.6. The lowest BCUT2D eigenvalue weighted by Gasteiger charge is -2.14. The van der Waals surface area contributed by atoms with Crippen LogP contribution in [0.15, 0.2) is 36.5 Å². The third kappa shape index (κ3) is 2.33. The Hall–Kier alpha value is -1.99. The summed E-state index contributed by atoms with van der Waals surface area (Å²) < 4.78 is 3.58. The van der Waals surface area contributed by atoms with Crippen molar-refractivity contribution in [2.45, 2.75) is 0 Å². The Labute approximate surface area is 95.3 Å². The highest BCUT2D eigenvalue weighted by atomic mass is 32.1. The van der Waals surface area contributed by atoms with Gasteiger partial charge in [-0.15, -0.1) is 5.10 Å². The number of rotatable bonds is 2. The SMILES string of the molecule is O=C(Nc1cnns1)N(O)c1ccccc1. The van der Waals surface area contributed by atoms with Crippen LogP contribution in [0.2, 0.25) is 0 Å². The second kappa shape index (κ2) is 4.69. The molecule has 1 aromatic carbocycles. The molecule has 0 aliphatic rings. The topological polar surface area (TPSA) is 78.4 Å². The fourth-order valence-corrected chi connectivity index (χ4v) is 1.48. The normalized spacial score (nSPS) is 9.81. The van der Waals surface area contributed by atoms with Crippen molar-refractivity contribution in [1.82, 2.24) is 9.59 Å². The van der Waals surface area contributed by atoms with Crippen molar-refractivity contribution in [3.05, 3.63) is 36.5 Å². The first-order valence-corrected chi connectivity index (χ1v) is 5.17. The molecule has 0 aliphatic carbocycles. The van der Waals surface area contributed by atoms with E-state index in [0.717, 1.165) is 11.5 Å². The van der Waals surface area contributed by atoms with Gasteiger partial charge in [0.25, 0.3) is 0 Å². The number of hydrogen-bond donors (Lipinski definition) is 2. The van der Waals surface area contributed by atoms with E-state index in [1.807, 2.05) is 0 Å². The van der Waals surface area contributed by atoms with Crippen LogP contribution in [0.3, 0.4) is 0 Å². The van der Waals surface area contributed by atoms with Gasteiger partial charge in [-0.3, -0.25) is 10.5 Å². The minimum atomic E-state index is -0.655. The Balaban J connectivity index is 2.05. The molecule has 2 N–H and O–H groups in total. The number of aromatic nitrogens is 2. The molecule has 0 unspecified atom stereocenters. The van der Waals surface area contributed by atoms with E-state index in [-0.39, 0.29) is 0 Å². The molecular formula is C9H8N4O2S. The first-order chi connectivity index (χ1) is 7.77. The van der Waals surface area contributed by atoms with Gasteiger partial charge in [-0.1, -0.05) is 22.7 Å². The van der Waals surface area contributed by atoms with E-state index in [9.17, 15) is 10.0 Å². The molecule has 0 aliphatic heterocycles. The van der Waals surface area contributed by atoms with E-state index in [1.54, 1.807) is 30.3 Å². The van der Waals surface area contributed by atoms with Crippen molar-refractivity contribution in [2.24, 2.45) is 0 Å². The Morgan fingerprint density at radius 2 is 2.12 bits per heavy atom. The average molecular weight is 236 g/mol. The Morgan fingerprint density at radius 1 is 1.38 bits per heavy atom. The van der Waals surface area contributed by atoms with Gasteiger partial charge < -0.3 is 0 Å². The maximum Gasteiger partial charge on any atom is 0.351 e. The molecule has 7 heteroatoms. The minimum Gasteiger partial charge on any atom is -0.294 e. The predicted octanol–water partition coefficient (Wildman–Crippen LogP) is 1.97. The standard InChI is InChI=1S/C9H8N4O2S/c14-9(11-8-6-10-12-16-8)13(15)7-4-2-1-3-5-7/h1-6,15H,(H,11,14). The van der Waals surface area contributed by atoms with Gasteiger partial charge in [0.2, 0.25) is 0 Å². The summed E-state index contributed by atoms with van der Waals surface area (Å²) in [5.74, 6) is 0. The van der Waals surface area contributed by atoms with Crippen LogP contribution in [-0.4, -0.2) is 20.8 Å². The van der Waals surface area contributed by atoms with Crippen molar-refractivity contribution in [2.75, 3.05) is 10.4 Å². The minimum absolute atomic E-state index is 0.387. The van der Waals surface area contributed by atoms with E-state index in [2.05, 4.69) is 14.9 Å². The zero-order chi connectivity index (χ0) is 11.4. The van der Waals surface area contributed by atoms with E-state index < -0.39 is 6.03 Å². The van der Waals surface area contributed by atoms with Crippen LogP contribution in [0.5, 0.6) is 0 Å². The van der Waals surface area contributed by atoms with Gasteiger partial charge >= 0.3 is 6.03 Å². The molecule has 1 aromatic heterocycles. The number of urea groups is 1. The first kappa shape index (κ1) is 10.5. The van der Waals surface area contributed by atoms with Gasteiger partial charge in [0.05, 0.1) is 11.9 Å². The third-order valence-electron chi connectivity index (χ3n) is 1.78. The van der Waals surface area contributed by atoms with Gasteiger partial charge in [-0.05, 0) is 12.1 Å². The van der Waals surface area contributed by atoms with Crippen molar-refractivity contribution >= 4 is 28.3 Å². The molecule has 0 saturated heterocycles. The van der Waals surface area contributed by atoms with Crippen LogP contribution in [0.25, 0.3) is 0 Å². The second-order valence-electron chi connectivity index (χ2n) is 2.86. The number of para-hydroxylation sites is 1. The van der Waals surface area contributed by atoms with E-state index in [1.165, 1.54) is 6.20 Å². The number of benzene rings is 1. The van der Waals surface area contributed by atoms with Crippen LogP contribution in [0, 0.1) is 0 Å². The molecule has 0 fully saturated rings. The Morgan fingerprint density at radius 3 is 2.75 bits per heavy atom. The van der Waals surface area contributed by atoms with Gasteiger partial charge in [0.1, 0.15) is 5.00 Å². The van der Waals surface area contributed by atoms with Crippen LogP contribution < -0.4 is 10.4 Å². The third-order valence-corrected chi connectivity index (χ3v) is 2.36.